The topological polar surface area (TPSA) is 83.8 Å². The van der Waals surface area contributed by atoms with Crippen molar-refractivity contribution in [2.45, 2.75) is 26.8 Å². The predicted octanol–water partition coefficient (Wildman–Crippen LogP) is 3.25. The van der Waals surface area contributed by atoms with Gasteiger partial charge in [0.05, 0.1) is 11.4 Å². The van der Waals surface area contributed by atoms with E-state index < -0.39 is 0 Å². The average molecular weight is 376 g/mol. The summed E-state index contributed by atoms with van der Waals surface area (Å²) >= 11 is 0. The fourth-order valence-electron chi connectivity index (χ4n) is 3.98. The zero-order valence-corrected chi connectivity index (χ0v) is 16.1. The monoisotopic (exact) mass is 376 g/mol. The second kappa shape index (κ2) is 6.64. The molecule has 2 N–H and O–H groups in total. The Labute approximate surface area is 163 Å². The molecule has 142 valence electrons. The van der Waals surface area contributed by atoms with Gasteiger partial charge in [0.15, 0.2) is 0 Å². The highest BCUT2D eigenvalue weighted by atomic mass is 19.1. The van der Waals surface area contributed by atoms with Gasteiger partial charge in [0.25, 0.3) is 0 Å². The molecule has 0 bridgehead atoms. The van der Waals surface area contributed by atoms with Crippen LogP contribution in [0, 0.1) is 31.0 Å². The van der Waals surface area contributed by atoms with Gasteiger partial charge in [0, 0.05) is 54.6 Å². The third-order valence-corrected chi connectivity index (χ3v) is 5.44. The van der Waals surface area contributed by atoms with Gasteiger partial charge in [-0.3, -0.25) is 4.68 Å². The van der Waals surface area contributed by atoms with Gasteiger partial charge in [-0.05, 0) is 38.1 Å². The number of rotatable bonds is 2. The summed E-state index contributed by atoms with van der Waals surface area (Å²) in [5, 5.41) is 14.3. The number of nitriles is 1. The summed E-state index contributed by atoms with van der Waals surface area (Å²) in [5.41, 5.74) is 12.9. The van der Waals surface area contributed by atoms with Crippen molar-refractivity contribution >= 4 is 11.5 Å². The van der Waals surface area contributed by atoms with Gasteiger partial charge in [-0.25, -0.2) is 9.37 Å². The Bertz CT molecular complexity index is 1110. The Morgan fingerprint density at radius 1 is 1.18 bits per heavy atom. The molecule has 0 fully saturated rings. The molecular weight excluding hydrogens is 355 g/mol. The van der Waals surface area contributed by atoms with Crippen molar-refractivity contribution in [2.24, 2.45) is 7.05 Å². The van der Waals surface area contributed by atoms with Crippen LogP contribution in [0.4, 0.5) is 15.9 Å². The van der Waals surface area contributed by atoms with E-state index in [9.17, 15) is 9.65 Å². The minimum atomic E-state index is -0.260. The molecule has 7 heteroatoms. The Morgan fingerprint density at radius 2 is 1.89 bits per heavy atom. The average Bonchev–Trinajstić information content (AvgIpc) is 2.93. The molecule has 0 amide bonds. The Morgan fingerprint density at radius 3 is 2.50 bits per heavy atom. The van der Waals surface area contributed by atoms with Crippen molar-refractivity contribution in [2.75, 3.05) is 17.2 Å². The summed E-state index contributed by atoms with van der Waals surface area (Å²) in [4.78, 5) is 6.69. The fourth-order valence-corrected chi connectivity index (χ4v) is 3.98. The standard InChI is InChI=1S/C21H21FN6/c1-12-19(13(2)27(3)26-12)20-16(10-23)21(24)25-18-8-9-28(11-17(18)20)15-6-4-14(22)5-7-15/h4-7H,8-9,11H2,1-3H3,(H2,24,25). The van der Waals surface area contributed by atoms with Crippen LogP contribution in [0.2, 0.25) is 0 Å². The van der Waals surface area contributed by atoms with Crippen molar-refractivity contribution in [3.05, 3.63) is 58.3 Å². The van der Waals surface area contributed by atoms with Gasteiger partial charge in [0.1, 0.15) is 23.3 Å². The molecular formula is C21H21FN6. The van der Waals surface area contributed by atoms with E-state index in [2.05, 4.69) is 21.1 Å². The van der Waals surface area contributed by atoms with Crippen LogP contribution < -0.4 is 10.6 Å². The van der Waals surface area contributed by atoms with Crippen molar-refractivity contribution in [1.82, 2.24) is 14.8 Å². The highest BCUT2D eigenvalue weighted by Gasteiger charge is 2.28. The van der Waals surface area contributed by atoms with Crippen LogP contribution in [0.25, 0.3) is 11.1 Å². The molecule has 1 aliphatic rings. The molecule has 2 aromatic heterocycles. The highest BCUT2D eigenvalue weighted by Crippen LogP contribution is 2.38. The molecule has 3 heterocycles. The number of halogens is 1. The minimum Gasteiger partial charge on any atom is -0.383 e. The zero-order valence-electron chi connectivity index (χ0n) is 16.1. The Balaban J connectivity index is 1.91. The van der Waals surface area contributed by atoms with Gasteiger partial charge < -0.3 is 10.6 Å². The summed E-state index contributed by atoms with van der Waals surface area (Å²) in [6, 6.07) is 8.72. The first-order chi connectivity index (χ1) is 13.4. The SMILES string of the molecule is Cc1nn(C)c(C)c1-c1c(C#N)c(N)nc2c1CN(c1ccc(F)cc1)CC2. The number of aromatic nitrogens is 3. The molecule has 0 saturated carbocycles. The second-order valence-corrected chi connectivity index (χ2v) is 7.10. The van der Waals surface area contributed by atoms with E-state index in [4.69, 9.17) is 5.73 Å². The third-order valence-electron chi connectivity index (χ3n) is 5.44. The Hall–Kier alpha value is -3.40. The van der Waals surface area contributed by atoms with Gasteiger partial charge in [-0.15, -0.1) is 0 Å². The normalized spacial score (nSPS) is 13.3. The summed E-state index contributed by atoms with van der Waals surface area (Å²) in [5.74, 6) is -0.00111. The first-order valence-electron chi connectivity index (χ1n) is 9.13. The van der Waals surface area contributed by atoms with Gasteiger partial charge in [-0.1, -0.05) is 0 Å². The number of aryl methyl sites for hydroxylation is 2. The molecule has 0 radical (unpaired) electrons. The van der Waals surface area contributed by atoms with Crippen molar-refractivity contribution in [3.8, 4) is 17.2 Å². The Kier molecular flexibility index (Phi) is 4.27. The summed E-state index contributed by atoms with van der Waals surface area (Å²) in [6.45, 7) is 5.25. The molecule has 1 aliphatic heterocycles. The van der Waals surface area contributed by atoms with Crippen LogP contribution in [0.5, 0.6) is 0 Å². The van der Waals surface area contributed by atoms with E-state index in [1.54, 1.807) is 12.1 Å². The smallest absolute Gasteiger partial charge is 0.142 e. The molecule has 0 aliphatic carbocycles. The van der Waals surface area contributed by atoms with Crippen LogP contribution in [-0.2, 0) is 20.0 Å². The molecule has 1 aromatic carbocycles. The quantitative estimate of drug-likeness (QED) is 0.742. The number of hydrogen-bond donors (Lipinski definition) is 1. The van der Waals surface area contributed by atoms with E-state index in [1.165, 1.54) is 12.1 Å². The number of anilines is 2. The van der Waals surface area contributed by atoms with Crippen LogP contribution in [-0.4, -0.2) is 21.3 Å². The van der Waals surface area contributed by atoms with E-state index >= 15 is 0 Å². The first-order valence-corrected chi connectivity index (χ1v) is 9.13. The van der Waals surface area contributed by atoms with E-state index in [1.807, 2.05) is 25.6 Å². The van der Waals surface area contributed by atoms with Crippen molar-refractivity contribution in [3.63, 3.8) is 0 Å². The first kappa shape index (κ1) is 18.0. The molecule has 0 unspecified atom stereocenters. The lowest BCUT2D eigenvalue weighted by Gasteiger charge is -2.32. The number of nitrogens with two attached hydrogens (primary N) is 1. The molecule has 0 saturated heterocycles. The molecule has 0 atom stereocenters. The van der Waals surface area contributed by atoms with Gasteiger partial charge in [0.2, 0.25) is 0 Å². The van der Waals surface area contributed by atoms with E-state index in [-0.39, 0.29) is 11.6 Å². The zero-order chi connectivity index (χ0) is 20.0. The van der Waals surface area contributed by atoms with Gasteiger partial charge in [-0.2, -0.15) is 10.4 Å². The minimum absolute atomic E-state index is 0.258. The number of pyridine rings is 1. The van der Waals surface area contributed by atoms with E-state index in [0.717, 1.165) is 46.0 Å². The van der Waals surface area contributed by atoms with Crippen LogP contribution in [0.1, 0.15) is 28.2 Å². The fraction of sp³-hybridized carbons (Fsp3) is 0.286. The van der Waals surface area contributed by atoms with Crippen molar-refractivity contribution < 1.29 is 4.39 Å². The maximum Gasteiger partial charge on any atom is 0.142 e. The second-order valence-electron chi connectivity index (χ2n) is 7.10. The summed E-state index contributed by atoms with van der Waals surface area (Å²) < 4.78 is 15.1. The van der Waals surface area contributed by atoms with Crippen LogP contribution in [0.3, 0.4) is 0 Å². The number of benzene rings is 1. The molecule has 3 aromatic rings. The van der Waals surface area contributed by atoms with Crippen molar-refractivity contribution in [1.29, 1.82) is 5.26 Å². The summed E-state index contributed by atoms with van der Waals surface area (Å²) in [7, 11) is 1.89. The van der Waals surface area contributed by atoms with E-state index in [0.29, 0.717) is 18.5 Å². The maximum absolute atomic E-state index is 13.3. The highest BCUT2D eigenvalue weighted by molar-refractivity contribution is 5.82. The van der Waals surface area contributed by atoms with Crippen LogP contribution in [0.15, 0.2) is 24.3 Å². The number of nitrogens with zero attached hydrogens (tertiary/aromatic N) is 5. The lowest BCUT2D eigenvalue weighted by molar-refractivity contribution is 0.626. The number of fused-ring (bicyclic) bond motifs is 1. The largest absolute Gasteiger partial charge is 0.383 e. The lowest BCUT2D eigenvalue weighted by atomic mass is 9.90. The third kappa shape index (κ3) is 2.78. The van der Waals surface area contributed by atoms with Crippen LogP contribution >= 0.6 is 0 Å². The molecule has 6 nitrogen and oxygen atoms in total. The number of hydrogen-bond acceptors (Lipinski definition) is 5. The predicted molar refractivity (Wildman–Crippen MR) is 106 cm³/mol. The molecule has 0 spiro atoms. The maximum atomic E-state index is 13.3. The molecule has 28 heavy (non-hydrogen) atoms. The summed E-state index contributed by atoms with van der Waals surface area (Å²) in [6.07, 6.45) is 0.702. The number of nitrogen functional groups attached to an aromatic ring is 1. The lowest BCUT2D eigenvalue weighted by Crippen LogP contribution is -2.32. The molecule has 4 rings (SSSR count). The van der Waals surface area contributed by atoms with Gasteiger partial charge >= 0.3 is 0 Å².